The summed E-state index contributed by atoms with van der Waals surface area (Å²) in [5, 5.41) is 5.45. The highest BCUT2D eigenvalue weighted by atomic mass is 19.1. The molecule has 0 aromatic heterocycles. The van der Waals surface area contributed by atoms with Gasteiger partial charge in [-0.2, -0.15) is 0 Å². The van der Waals surface area contributed by atoms with Crippen LogP contribution in [0.5, 0.6) is 0 Å². The molecule has 0 aliphatic heterocycles. The van der Waals surface area contributed by atoms with Gasteiger partial charge in [-0.25, -0.2) is 4.39 Å². The number of nitrogens with one attached hydrogen (secondary N) is 1. The lowest BCUT2D eigenvalue weighted by Crippen LogP contribution is -2.34. The van der Waals surface area contributed by atoms with Crippen molar-refractivity contribution in [1.29, 1.82) is 0 Å². The van der Waals surface area contributed by atoms with Gasteiger partial charge < -0.3 is 10.2 Å². The third-order valence-electron chi connectivity index (χ3n) is 4.55. The number of nitrogens with zero attached hydrogens (tertiary/aromatic N) is 1. The Bertz CT molecular complexity index is 871. The molecule has 1 unspecified atom stereocenters. The van der Waals surface area contributed by atoms with Gasteiger partial charge in [-0.15, -0.1) is 0 Å². The molecule has 0 bridgehead atoms. The first-order chi connectivity index (χ1) is 12.1. The number of rotatable bonds is 5. The van der Waals surface area contributed by atoms with Crippen LogP contribution in [0.1, 0.15) is 18.5 Å². The van der Waals surface area contributed by atoms with Gasteiger partial charge in [-0.05, 0) is 36.1 Å². The van der Waals surface area contributed by atoms with E-state index in [1.807, 2.05) is 49.4 Å². The quantitative estimate of drug-likeness (QED) is 0.738. The van der Waals surface area contributed by atoms with Crippen LogP contribution in [0.15, 0.2) is 66.7 Å². The number of benzene rings is 3. The predicted molar refractivity (Wildman–Crippen MR) is 100 cm³/mol. The van der Waals surface area contributed by atoms with Crippen LogP contribution in [0.25, 0.3) is 10.8 Å². The largest absolute Gasteiger partial charge is 0.376 e. The van der Waals surface area contributed by atoms with Crippen molar-refractivity contribution in [3.63, 3.8) is 0 Å². The number of fused-ring (bicyclic) bond motifs is 1. The van der Waals surface area contributed by atoms with Crippen molar-refractivity contribution in [2.24, 2.45) is 0 Å². The van der Waals surface area contributed by atoms with Crippen molar-refractivity contribution in [3.8, 4) is 0 Å². The SMILES string of the molecule is CC(c1ccc(F)cc1)N(C)C(=O)CNc1cccc2ccccc12. The van der Waals surface area contributed by atoms with Gasteiger partial charge in [-0.1, -0.05) is 48.5 Å². The minimum atomic E-state index is -0.275. The van der Waals surface area contributed by atoms with Crippen LogP contribution in [0, 0.1) is 5.82 Å². The van der Waals surface area contributed by atoms with Crippen LogP contribution < -0.4 is 5.32 Å². The lowest BCUT2D eigenvalue weighted by Gasteiger charge is -2.26. The van der Waals surface area contributed by atoms with Crippen molar-refractivity contribution in [2.45, 2.75) is 13.0 Å². The zero-order valence-corrected chi connectivity index (χ0v) is 14.4. The molecule has 128 valence electrons. The molecule has 3 aromatic carbocycles. The number of hydrogen-bond donors (Lipinski definition) is 1. The van der Waals surface area contributed by atoms with Crippen molar-refractivity contribution >= 4 is 22.4 Å². The van der Waals surface area contributed by atoms with Crippen LogP contribution in [0.4, 0.5) is 10.1 Å². The summed E-state index contributed by atoms with van der Waals surface area (Å²) >= 11 is 0. The van der Waals surface area contributed by atoms with E-state index in [9.17, 15) is 9.18 Å². The second-order valence-corrected chi connectivity index (χ2v) is 6.11. The predicted octanol–water partition coefficient (Wildman–Crippen LogP) is 4.61. The Balaban J connectivity index is 1.68. The lowest BCUT2D eigenvalue weighted by molar-refractivity contribution is -0.129. The summed E-state index contributed by atoms with van der Waals surface area (Å²) < 4.78 is 13.1. The molecule has 3 aromatic rings. The zero-order valence-electron chi connectivity index (χ0n) is 14.4. The third kappa shape index (κ3) is 3.79. The Kier molecular flexibility index (Phi) is 4.98. The summed E-state index contributed by atoms with van der Waals surface area (Å²) in [5.41, 5.74) is 1.84. The van der Waals surface area contributed by atoms with E-state index < -0.39 is 0 Å². The number of anilines is 1. The average molecular weight is 336 g/mol. The fourth-order valence-electron chi connectivity index (χ4n) is 2.86. The normalized spacial score (nSPS) is 12.0. The molecule has 25 heavy (non-hydrogen) atoms. The molecule has 0 radical (unpaired) electrons. The lowest BCUT2D eigenvalue weighted by atomic mass is 10.1. The summed E-state index contributed by atoms with van der Waals surface area (Å²) in [5.74, 6) is -0.299. The molecular formula is C21H21FN2O. The van der Waals surface area contributed by atoms with E-state index in [4.69, 9.17) is 0 Å². The number of hydrogen-bond acceptors (Lipinski definition) is 2. The Morgan fingerprint density at radius 1 is 1.04 bits per heavy atom. The molecule has 4 heteroatoms. The topological polar surface area (TPSA) is 32.3 Å². The highest BCUT2D eigenvalue weighted by Crippen LogP contribution is 2.23. The van der Waals surface area contributed by atoms with E-state index in [-0.39, 0.29) is 24.3 Å². The van der Waals surface area contributed by atoms with Gasteiger partial charge >= 0.3 is 0 Å². The van der Waals surface area contributed by atoms with Crippen molar-refractivity contribution in [3.05, 3.63) is 78.1 Å². The maximum atomic E-state index is 13.1. The van der Waals surface area contributed by atoms with Gasteiger partial charge in [0, 0.05) is 18.1 Å². The summed E-state index contributed by atoms with van der Waals surface area (Å²) in [4.78, 5) is 14.2. The molecule has 0 fully saturated rings. The van der Waals surface area contributed by atoms with Crippen LogP contribution in [-0.2, 0) is 4.79 Å². The molecule has 0 spiro atoms. The highest BCUT2D eigenvalue weighted by Gasteiger charge is 2.17. The van der Waals surface area contributed by atoms with E-state index in [0.717, 1.165) is 22.0 Å². The Morgan fingerprint density at radius 3 is 2.48 bits per heavy atom. The maximum Gasteiger partial charge on any atom is 0.242 e. The number of carbonyl (C=O) groups is 1. The Hall–Kier alpha value is -2.88. The van der Waals surface area contributed by atoms with E-state index in [0.29, 0.717) is 0 Å². The average Bonchev–Trinajstić information content (AvgIpc) is 2.65. The van der Waals surface area contributed by atoms with E-state index in [2.05, 4.69) is 5.32 Å². The summed E-state index contributed by atoms with van der Waals surface area (Å²) in [7, 11) is 1.77. The van der Waals surface area contributed by atoms with E-state index >= 15 is 0 Å². The summed E-state index contributed by atoms with van der Waals surface area (Å²) in [6.07, 6.45) is 0. The first kappa shape index (κ1) is 17.0. The smallest absolute Gasteiger partial charge is 0.242 e. The van der Waals surface area contributed by atoms with Gasteiger partial charge in [-0.3, -0.25) is 4.79 Å². The van der Waals surface area contributed by atoms with Gasteiger partial charge in [0.2, 0.25) is 5.91 Å². The molecule has 1 N–H and O–H groups in total. The number of halogens is 1. The first-order valence-electron chi connectivity index (χ1n) is 8.29. The van der Waals surface area contributed by atoms with E-state index in [1.54, 1.807) is 24.1 Å². The molecule has 1 atom stereocenters. The molecular weight excluding hydrogens is 315 g/mol. The minimum absolute atomic E-state index is 0.0234. The number of amides is 1. The molecule has 0 aliphatic rings. The standard InChI is InChI=1S/C21H21FN2O/c1-15(16-10-12-18(22)13-11-16)24(2)21(25)14-23-20-9-5-7-17-6-3-4-8-19(17)20/h3-13,15,23H,14H2,1-2H3. The van der Waals surface area contributed by atoms with Gasteiger partial charge in [0.15, 0.2) is 0 Å². The maximum absolute atomic E-state index is 13.1. The number of carbonyl (C=O) groups excluding carboxylic acids is 1. The number of likely N-dealkylation sites (N-methyl/N-ethyl adjacent to an activating group) is 1. The second-order valence-electron chi connectivity index (χ2n) is 6.11. The van der Waals surface area contributed by atoms with Crippen molar-refractivity contribution in [2.75, 3.05) is 18.9 Å². The van der Waals surface area contributed by atoms with Gasteiger partial charge in [0.05, 0.1) is 12.6 Å². The minimum Gasteiger partial charge on any atom is -0.376 e. The molecule has 0 saturated carbocycles. The molecule has 1 amide bonds. The Labute approximate surface area is 147 Å². The third-order valence-corrected chi connectivity index (χ3v) is 4.55. The summed E-state index contributed by atoms with van der Waals surface area (Å²) in [6.45, 7) is 2.14. The van der Waals surface area contributed by atoms with Crippen LogP contribution >= 0.6 is 0 Å². The zero-order chi connectivity index (χ0) is 17.8. The second kappa shape index (κ2) is 7.34. The fraction of sp³-hybridized carbons (Fsp3) is 0.190. The van der Waals surface area contributed by atoms with Gasteiger partial charge in [0.25, 0.3) is 0 Å². The first-order valence-corrected chi connectivity index (χ1v) is 8.29. The monoisotopic (exact) mass is 336 g/mol. The van der Waals surface area contributed by atoms with Gasteiger partial charge in [0.1, 0.15) is 5.82 Å². The summed E-state index contributed by atoms with van der Waals surface area (Å²) in [6, 6.07) is 20.2. The fourth-order valence-corrected chi connectivity index (χ4v) is 2.86. The molecule has 0 aliphatic carbocycles. The van der Waals surface area contributed by atoms with Crippen molar-refractivity contribution in [1.82, 2.24) is 4.90 Å². The van der Waals surface area contributed by atoms with E-state index in [1.165, 1.54) is 12.1 Å². The van der Waals surface area contributed by atoms with Crippen LogP contribution in [0.3, 0.4) is 0 Å². The molecule has 0 heterocycles. The van der Waals surface area contributed by atoms with Crippen molar-refractivity contribution < 1.29 is 9.18 Å². The Morgan fingerprint density at radius 2 is 1.72 bits per heavy atom. The molecule has 0 saturated heterocycles. The van der Waals surface area contributed by atoms with Crippen LogP contribution in [0.2, 0.25) is 0 Å². The van der Waals surface area contributed by atoms with Crippen LogP contribution in [-0.4, -0.2) is 24.4 Å². The molecule has 3 nitrogen and oxygen atoms in total. The molecule has 3 rings (SSSR count). The highest BCUT2D eigenvalue weighted by molar-refractivity contribution is 5.95.